The zero-order chi connectivity index (χ0) is 16.9. The number of rotatable bonds is 7. The van der Waals surface area contributed by atoms with Crippen LogP contribution in [0.2, 0.25) is 0 Å². The predicted octanol–water partition coefficient (Wildman–Crippen LogP) is 2.74. The molecule has 0 fully saturated rings. The van der Waals surface area contributed by atoms with Crippen LogP contribution >= 0.6 is 0 Å². The Hall–Kier alpha value is -3.29. The minimum atomic E-state index is -0.455. The Morgan fingerprint density at radius 3 is 2.71 bits per heavy atom. The molecule has 8 heteroatoms. The standard InChI is InChI=1S/C16H16N4O4/c1-23-12-6-2-3-7-13(12)24-11-9-17-15-16(20(21)22)19-10-5-4-8-14(19)18-15/h2-8,10,17H,9,11H2,1H3. The van der Waals surface area contributed by atoms with E-state index in [0.717, 1.165) is 0 Å². The van der Waals surface area contributed by atoms with Crippen LogP contribution in [0.15, 0.2) is 48.7 Å². The summed E-state index contributed by atoms with van der Waals surface area (Å²) in [4.78, 5) is 15.1. The lowest BCUT2D eigenvalue weighted by atomic mass is 10.3. The molecule has 0 unspecified atom stereocenters. The number of aromatic nitrogens is 2. The Morgan fingerprint density at radius 2 is 1.96 bits per heavy atom. The Morgan fingerprint density at radius 1 is 1.21 bits per heavy atom. The van der Waals surface area contributed by atoms with Gasteiger partial charge in [-0.1, -0.05) is 18.2 Å². The third kappa shape index (κ3) is 3.07. The fourth-order valence-corrected chi connectivity index (χ4v) is 2.34. The maximum atomic E-state index is 11.3. The molecule has 0 amide bonds. The average Bonchev–Trinajstić information content (AvgIpc) is 2.97. The van der Waals surface area contributed by atoms with E-state index in [-0.39, 0.29) is 11.6 Å². The molecule has 3 aromatic rings. The third-order valence-electron chi connectivity index (χ3n) is 3.40. The Bertz CT molecular complexity index is 862. The van der Waals surface area contributed by atoms with E-state index in [4.69, 9.17) is 9.47 Å². The Balaban J connectivity index is 1.68. The highest BCUT2D eigenvalue weighted by Gasteiger charge is 2.21. The average molecular weight is 328 g/mol. The van der Waals surface area contributed by atoms with E-state index in [1.165, 1.54) is 4.40 Å². The number of pyridine rings is 1. The molecule has 124 valence electrons. The van der Waals surface area contributed by atoms with Crippen LogP contribution in [0.3, 0.4) is 0 Å². The van der Waals surface area contributed by atoms with Gasteiger partial charge < -0.3 is 24.9 Å². The molecule has 1 aromatic carbocycles. The molecule has 0 atom stereocenters. The molecule has 24 heavy (non-hydrogen) atoms. The van der Waals surface area contributed by atoms with E-state index >= 15 is 0 Å². The molecule has 8 nitrogen and oxygen atoms in total. The number of ether oxygens (including phenoxy) is 2. The van der Waals surface area contributed by atoms with Gasteiger partial charge in [0.15, 0.2) is 11.5 Å². The summed E-state index contributed by atoms with van der Waals surface area (Å²) in [6.45, 7) is 0.675. The van der Waals surface area contributed by atoms with Gasteiger partial charge in [-0.3, -0.25) is 0 Å². The molecule has 0 spiro atoms. The lowest BCUT2D eigenvalue weighted by Crippen LogP contribution is -2.13. The van der Waals surface area contributed by atoms with Crippen molar-refractivity contribution in [2.75, 3.05) is 25.6 Å². The van der Waals surface area contributed by atoms with Gasteiger partial charge in [0.2, 0.25) is 11.5 Å². The molecule has 0 saturated heterocycles. The summed E-state index contributed by atoms with van der Waals surface area (Å²) < 4.78 is 12.3. The SMILES string of the molecule is COc1ccccc1OCCNc1nc2ccccn2c1[N+](=O)[O-]. The van der Waals surface area contributed by atoms with Crippen molar-refractivity contribution in [1.29, 1.82) is 0 Å². The number of hydrogen-bond donors (Lipinski definition) is 1. The number of anilines is 1. The van der Waals surface area contributed by atoms with Crippen LogP contribution in [0, 0.1) is 10.1 Å². The summed E-state index contributed by atoms with van der Waals surface area (Å²) in [5.41, 5.74) is 0.511. The van der Waals surface area contributed by atoms with E-state index in [1.54, 1.807) is 43.6 Å². The van der Waals surface area contributed by atoms with Crippen molar-refractivity contribution < 1.29 is 14.4 Å². The number of fused-ring (bicyclic) bond motifs is 1. The van der Waals surface area contributed by atoms with Crippen LogP contribution in [0.4, 0.5) is 11.6 Å². The van der Waals surface area contributed by atoms with Crippen LogP contribution in [0.25, 0.3) is 5.65 Å². The fourth-order valence-electron chi connectivity index (χ4n) is 2.34. The zero-order valence-corrected chi connectivity index (χ0v) is 13.0. The second-order valence-corrected chi connectivity index (χ2v) is 4.90. The number of hydrogen-bond acceptors (Lipinski definition) is 6. The second-order valence-electron chi connectivity index (χ2n) is 4.90. The van der Waals surface area contributed by atoms with E-state index in [9.17, 15) is 10.1 Å². The number of nitrogens with zero attached hydrogens (tertiary/aromatic N) is 3. The van der Waals surface area contributed by atoms with Crippen molar-refractivity contribution in [2.45, 2.75) is 0 Å². The highest BCUT2D eigenvalue weighted by Crippen LogP contribution is 2.26. The third-order valence-corrected chi connectivity index (χ3v) is 3.40. The number of nitrogens with one attached hydrogen (secondary N) is 1. The van der Waals surface area contributed by atoms with Gasteiger partial charge in [-0.15, -0.1) is 0 Å². The van der Waals surface area contributed by atoms with Crippen LogP contribution in [0.5, 0.6) is 11.5 Å². The molecule has 1 N–H and O–H groups in total. The molecule has 2 aromatic heterocycles. The number of imidazole rings is 1. The van der Waals surface area contributed by atoms with Gasteiger partial charge in [0.1, 0.15) is 6.61 Å². The van der Waals surface area contributed by atoms with Crippen molar-refractivity contribution in [1.82, 2.24) is 9.38 Å². The first-order valence-electron chi connectivity index (χ1n) is 7.32. The zero-order valence-electron chi connectivity index (χ0n) is 13.0. The fraction of sp³-hybridized carbons (Fsp3) is 0.188. The first-order valence-corrected chi connectivity index (χ1v) is 7.32. The molecule has 0 aliphatic heterocycles. The quantitative estimate of drug-likeness (QED) is 0.407. The molecular weight excluding hydrogens is 312 g/mol. The summed E-state index contributed by atoms with van der Waals surface area (Å²) >= 11 is 0. The summed E-state index contributed by atoms with van der Waals surface area (Å²) in [5, 5.41) is 14.2. The van der Waals surface area contributed by atoms with Crippen LogP contribution in [-0.4, -0.2) is 34.6 Å². The largest absolute Gasteiger partial charge is 0.493 e. The maximum Gasteiger partial charge on any atom is 0.372 e. The van der Waals surface area contributed by atoms with Gasteiger partial charge in [-0.25, -0.2) is 0 Å². The molecule has 0 aliphatic carbocycles. The molecule has 0 aliphatic rings. The van der Waals surface area contributed by atoms with Crippen molar-refractivity contribution >= 4 is 17.3 Å². The predicted molar refractivity (Wildman–Crippen MR) is 88.8 cm³/mol. The van der Waals surface area contributed by atoms with E-state index in [1.807, 2.05) is 12.1 Å². The molecule has 0 saturated carbocycles. The first kappa shape index (κ1) is 15.6. The van der Waals surface area contributed by atoms with Crippen molar-refractivity contribution in [2.24, 2.45) is 0 Å². The smallest absolute Gasteiger partial charge is 0.372 e. The summed E-state index contributed by atoms with van der Waals surface area (Å²) in [7, 11) is 1.57. The van der Waals surface area contributed by atoms with Crippen LogP contribution in [0.1, 0.15) is 0 Å². The molecule has 2 heterocycles. The van der Waals surface area contributed by atoms with Gasteiger partial charge in [0.25, 0.3) is 0 Å². The van der Waals surface area contributed by atoms with Gasteiger partial charge >= 0.3 is 5.82 Å². The number of para-hydroxylation sites is 2. The van der Waals surface area contributed by atoms with Gasteiger partial charge in [0, 0.05) is 6.07 Å². The van der Waals surface area contributed by atoms with Gasteiger partial charge in [-0.2, -0.15) is 9.38 Å². The lowest BCUT2D eigenvalue weighted by Gasteiger charge is -2.10. The van der Waals surface area contributed by atoms with Crippen LogP contribution < -0.4 is 14.8 Å². The summed E-state index contributed by atoms with van der Waals surface area (Å²) in [6, 6.07) is 12.5. The molecule has 0 radical (unpaired) electrons. The lowest BCUT2D eigenvalue weighted by molar-refractivity contribution is -0.389. The number of methoxy groups -OCH3 is 1. The number of nitro groups is 1. The minimum Gasteiger partial charge on any atom is -0.493 e. The highest BCUT2D eigenvalue weighted by atomic mass is 16.6. The normalized spacial score (nSPS) is 10.5. The van der Waals surface area contributed by atoms with Gasteiger partial charge in [-0.05, 0) is 23.1 Å². The topological polar surface area (TPSA) is 90.9 Å². The van der Waals surface area contributed by atoms with Crippen molar-refractivity contribution in [3.63, 3.8) is 0 Å². The molecule has 3 rings (SSSR count). The summed E-state index contributed by atoms with van der Waals surface area (Å²) in [5.74, 6) is 1.38. The first-order chi connectivity index (χ1) is 11.7. The number of benzene rings is 1. The van der Waals surface area contributed by atoms with E-state index in [0.29, 0.717) is 30.3 Å². The Kier molecular flexibility index (Phi) is 4.46. The highest BCUT2D eigenvalue weighted by molar-refractivity contribution is 5.62. The Labute approximate surface area is 137 Å². The summed E-state index contributed by atoms with van der Waals surface area (Å²) in [6.07, 6.45) is 1.61. The molecular formula is C16H16N4O4. The van der Waals surface area contributed by atoms with Gasteiger partial charge in [0.05, 0.1) is 19.9 Å². The second kappa shape index (κ2) is 6.86. The maximum absolute atomic E-state index is 11.3. The van der Waals surface area contributed by atoms with E-state index in [2.05, 4.69) is 10.3 Å². The van der Waals surface area contributed by atoms with Crippen molar-refractivity contribution in [3.8, 4) is 11.5 Å². The van der Waals surface area contributed by atoms with Crippen LogP contribution in [-0.2, 0) is 0 Å². The van der Waals surface area contributed by atoms with E-state index < -0.39 is 4.92 Å². The molecule has 0 bridgehead atoms. The minimum absolute atomic E-state index is 0.0945. The monoisotopic (exact) mass is 328 g/mol. The van der Waals surface area contributed by atoms with Crippen molar-refractivity contribution in [3.05, 3.63) is 58.8 Å².